The van der Waals surface area contributed by atoms with Gasteiger partial charge in [-0.15, -0.1) is 0 Å². The standard InChI is InChI=1S/C13H15F3N2O3S/c1-8-17-12-9(4-3-7-22(19,20)21)10(13(14,15)16)5-6-11(12)18(8)2/h5-6H,3-4,7H2,1-2H3,(H,19,20,21). The summed E-state index contributed by atoms with van der Waals surface area (Å²) in [6, 6.07) is 2.35. The van der Waals surface area contributed by atoms with E-state index in [0.29, 0.717) is 16.9 Å². The molecule has 0 saturated heterocycles. The molecule has 2 aromatic rings. The SMILES string of the molecule is Cc1[nH]c2c(CCCS(=O)(=O)[O-])c(C(F)(F)F)ccc2[n+]1C. The number of hydrogen-bond donors (Lipinski definition) is 1. The van der Waals surface area contributed by atoms with E-state index in [9.17, 15) is 26.1 Å². The topological polar surface area (TPSA) is 76.9 Å². The summed E-state index contributed by atoms with van der Waals surface area (Å²) in [7, 11) is -2.73. The highest BCUT2D eigenvalue weighted by Gasteiger charge is 2.35. The number of alkyl halides is 3. The predicted molar refractivity (Wildman–Crippen MR) is 72.1 cm³/mol. The molecule has 0 aliphatic rings. The van der Waals surface area contributed by atoms with Crippen LogP contribution in [0, 0.1) is 6.92 Å². The summed E-state index contributed by atoms with van der Waals surface area (Å²) in [6.45, 7) is 1.72. The lowest BCUT2D eigenvalue weighted by Gasteiger charge is -2.13. The number of aryl methyl sites for hydroxylation is 3. The van der Waals surface area contributed by atoms with Crippen molar-refractivity contribution in [1.29, 1.82) is 0 Å². The Labute approximate surface area is 125 Å². The van der Waals surface area contributed by atoms with Gasteiger partial charge in [0.05, 0.1) is 22.7 Å². The minimum Gasteiger partial charge on any atom is -0.748 e. The number of halogens is 3. The molecule has 122 valence electrons. The molecule has 22 heavy (non-hydrogen) atoms. The van der Waals surface area contributed by atoms with E-state index in [1.165, 1.54) is 6.07 Å². The molecule has 1 N–H and O–H groups in total. The number of aromatic nitrogens is 2. The van der Waals surface area contributed by atoms with Crippen LogP contribution < -0.4 is 4.57 Å². The number of rotatable bonds is 4. The number of nitrogens with one attached hydrogen (secondary N) is 1. The maximum atomic E-state index is 13.1. The van der Waals surface area contributed by atoms with Crippen LogP contribution in [-0.4, -0.2) is 23.7 Å². The van der Waals surface area contributed by atoms with E-state index in [1.54, 1.807) is 18.5 Å². The van der Waals surface area contributed by atoms with Gasteiger partial charge in [-0.1, -0.05) is 0 Å². The molecule has 0 spiro atoms. The summed E-state index contributed by atoms with van der Waals surface area (Å²) in [6.07, 6.45) is -4.85. The van der Waals surface area contributed by atoms with Gasteiger partial charge < -0.3 is 4.55 Å². The number of aromatic amines is 1. The normalized spacial score (nSPS) is 13.0. The summed E-state index contributed by atoms with van der Waals surface area (Å²) in [5.41, 5.74) is 0.0751. The molecule has 0 radical (unpaired) electrons. The van der Waals surface area contributed by atoms with Crippen LogP contribution >= 0.6 is 0 Å². The van der Waals surface area contributed by atoms with Gasteiger partial charge in [0.25, 0.3) is 5.82 Å². The third-order valence-corrected chi connectivity index (χ3v) is 4.38. The van der Waals surface area contributed by atoms with Crippen LogP contribution in [0.1, 0.15) is 23.4 Å². The quantitative estimate of drug-likeness (QED) is 0.683. The zero-order chi connectivity index (χ0) is 16.7. The lowest BCUT2D eigenvalue weighted by Crippen LogP contribution is -2.29. The van der Waals surface area contributed by atoms with Crippen molar-refractivity contribution in [1.82, 2.24) is 4.98 Å². The lowest BCUT2D eigenvalue weighted by atomic mass is 10.0. The minimum absolute atomic E-state index is 0.0163. The highest BCUT2D eigenvalue weighted by molar-refractivity contribution is 7.85. The molecule has 0 aliphatic carbocycles. The maximum absolute atomic E-state index is 13.1. The Morgan fingerprint density at radius 1 is 1.32 bits per heavy atom. The van der Waals surface area contributed by atoms with Crippen molar-refractivity contribution in [2.24, 2.45) is 7.05 Å². The van der Waals surface area contributed by atoms with Crippen molar-refractivity contribution in [3.63, 3.8) is 0 Å². The molecule has 5 nitrogen and oxygen atoms in total. The van der Waals surface area contributed by atoms with Crippen LogP contribution in [-0.2, 0) is 29.8 Å². The number of imidazole rings is 1. The van der Waals surface area contributed by atoms with Crippen LogP contribution in [0.2, 0.25) is 0 Å². The number of benzene rings is 1. The fourth-order valence-corrected chi connectivity index (χ4v) is 2.95. The molecule has 9 heteroatoms. The van der Waals surface area contributed by atoms with Crippen LogP contribution in [0.25, 0.3) is 11.0 Å². The van der Waals surface area contributed by atoms with Gasteiger partial charge in [0.15, 0.2) is 11.0 Å². The van der Waals surface area contributed by atoms with Crippen molar-refractivity contribution < 1.29 is 30.7 Å². The van der Waals surface area contributed by atoms with Crippen LogP contribution in [0.5, 0.6) is 0 Å². The summed E-state index contributed by atoms with van der Waals surface area (Å²) >= 11 is 0. The van der Waals surface area contributed by atoms with Gasteiger partial charge in [-0.05, 0) is 25.0 Å². The van der Waals surface area contributed by atoms with E-state index in [-0.39, 0.29) is 18.4 Å². The summed E-state index contributed by atoms with van der Waals surface area (Å²) in [4.78, 5) is 2.89. The van der Waals surface area contributed by atoms with E-state index < -0.39 is 27.6 Å². The Morgan fingerprint density at radius 3 is 2.50 bits per heavy atom. The Morgan fingerprint density at radius 2 is 1.95 bits per heavy atom. The molecule has 0 saturated carbocycles. The molecule has 1 aromatic carbocycles. The zero-order valence-corrected chi connectivity index (χ0v) is 12.8. The first kappa shape index (κ1) is 16.8. The summed E-state index contributed by atoms with van der Waals surface area (Å²) in [5.74, 6) is -0.0148. The second-order valence-corrected chi connectivity index (χ2v) is 6.64. The fourth-order valence-electron chi connectivity index (χ4n) is 2.45. The van der Waals surface area contributed by atoms with Crippen molar-refractivity contribution in [3.05, 3.63) is 29.1 Å². The molecular weight excluding hydrogens is 321 g/mol. The van der Waals surface area contributed by atoms with Gasteiger partial charge in [0.1, 0.15) is 0 Å². The second-order valence-electron chi connectivity index (χ2n) is 5.12. The van der Waals surface area contributed by atoms with Crippen molar-refractivity contribution in [3.8, 4) is 0 Å². The summed E-state index contributed by atoms with van der Waals surface area (Å²) < 4.78 is 73.1. The van der Waals surface area contributed by atoms with Crippen LogP contribution in [0.4, 0.5) is 13.2 Å². The predicted octanol–water partition coefficient (Wildman–Crippen LogP) is 1.80. The molecule has 2 rings (SSSR count). The Hall–Kier alpha value is -1.61. The monoisotopic (exact) mass is 336 g/mol. The maximum Gasteiger partial charge on any atom is 0.416 e. The van der Waals surface area contributed by atoms with Crippen LogP contribution in [0.3, 0.4) is 0 Å². The molecule has 0 unspecified atom stereocenters. The third-order valence-electron chi connectivity index (χ3n) is 3.59. The largest absolute Gasteiger partial charge is 0.748 e. The Kier molecular flexibility index (Phi) is 4.22. The number of fused-ring (bicyclic) bond motifs is 1. The molecule has 1 heterocycles. The van der Waals surface area contributed by atoms with E-state index in [4.69, 9.17) is 0 Å². The molecular formula is C13H15F3N2O3S. The molecule has 0 fully saturated rings. The highest BCUT2D eigenvalue weighted by Crippen LogP contribution is 2.35. The first-order valence-electron chi connectivity index (χ1n) is 6.51. The first-order valence-corrected chi connectivity index (χ1v) is 8.09. The van der Waals surface area contributed by atoms with E-state index in [1.807, 2.05) is 0 Å². The molecule has 0 aliphatic heterocycles. The molecule has 1 aromatic heterocycles. The van der Waals surface area contributed by atoms with E-state index >= 15 is 0 Å². The summed E-state index contributed by atoms with van der Waals surface area (Å²) in [5, 5.41) is 0. The van der Waals surface area contributed by atoms with Gasteiger partial charge >= 0.3 is 6.18 Å². The molecule has 0 bridgehead atoms. The average Bonchev–Trinajstić information content (AvgIpc) is 2.63. The first-order chi connectivity index (χ1) is 10.0. The smallest absolute Gasteiger partial charge is 0.416 e. The third kappa shape index (κ3) is 3.41. The Bertz CT molecular complexity index is 810. The van der Waals surface area contributed by atoms with Gasteiger partial charge in [0, 0.05) is 18.2 Å². The van der Waals surface area contributed by atoms with E-state index in [2.05, 4.69) is 4.98 Å². The fraction of sp³-hybridized carbons (Fsp3) is 0.462. The van der Waals surface area contributed by atoms with Crippen molar-refractivity contribution in [2.45, 2.75) is 25.9 Å². The van der Waals surface area contributed by atoms with E-state index in [0.717, 1.165) is 6.07 Å². The van der Waals surface area contributed by atoms with Gasteiger partial charge in [0.2, 0.25) is 0 Å². The second kappa shape index (κ2) is 5.54. The van der Waals surface area contributed by atoms with Gasteiger partial charge in [-0.3, -0.25) is 0 Å². The number of H-pyrrole nitrogens is 1. The van der Waals surface area contributed by atoms with Crippen LogP contribution in [0.15, 0.2) is 12.1 Å². The van der Waals surface area contributed by atoms with Crippen molar-refractivity contribution in [2.75, 3.05) is 5.75 Å². The minimum atomic E-state index is -4.54. The Balaban J connectivity index is 2.53. The number of nitrogens with zero attached hydrogens (tertiary/aromatic N) is 1. The zero-order valence-electron chi connectivity index (χ0n) is 12.0. The van der Waals surface area contributed by atoms with Gasteiger partial charge in [-0.2, -0.15) is 13.2 Å². The number of hydrogen-bond acceptors (Lipinski definition) is 3. The van der Waals surface area contributed by atoms with Crippen molar-refractivity contribution >= 4 is 21.2 Å². The lowest BCUT2D eigenvalue weighted by molar-refractivity contribution is -0.651. The average molecular weight is 336 g/mol. The molecule has 0 atom stereocenters. The highest BCUT2D eigenvalue weighted by atomic mass is 32.2. The van der Waals surface area contributed by atoms with Gasteiger partial charge in [-0.25, -0.2) is 18.0 Å². The molecule has 0 amide bonds.